The smallest absolute Gasteiger partial charge is 0.228 e. The SMILES string of the molecule is O=C(Nc1cc(Cl)nc(Cl)n1)C1CCCCCCC1. The summed E-state index contributed by atoms with van der Waals surface area (Å²) in [5, 5.41) is 3.05. The van der Waals surface area contributed by atoms with Crippen LogP contribution in [0.5, 0.6) is 0 Å². The fourth-order valence-corrected chi connectivity index (χ4v) is 2.81. The second-order valence-corrected chi connectivity index (χ2v) is 5.60. The Bertz CT molecular complexity index is 425. The molecule has 1 fully saturated rings. The minimum absolute atomic E-state index is 0.00716. The van der Waals surface area contributed by atoms with Crippen molar-refractivity contribution in [2.24, 2.45) is 5.92 Å². The zero-order chi connectivity index (χ0) is 13.7. The normalized spacial score (nSPS) is 17.6. The van der Waals surface area contributed by atoms with Crippen LogP contribution in [0.25, 0.3) is 0 Å². The van der Waals surface area contributed by atoms with Gasteiger partial charge in [-0.15, -0.1) is 0 Å². The van der Waals surface area contributed by atoms with E-state index in [0.29, 0.717) is 5.82 Å². The first-order valence-electron chi connectivity index (χ1n) is 6.66. The first kappa shape index (κ1) is 14.5. The van der Waals surface area contributed by atoms with Crippen molar-refractivity contribution in [1.29, 1.82) is 0 Å². The molecule has 1 aromatic rings. The molecule has 19 heavy (non-hydrogen) atoms. The average Bonchev–Trinajstić information content (AvgIpc) is 2.26. The summed E-state index contributed by atoms with van der Waals surface area (Å²) in [4.78, 5) is 19.9. The molecule has 104 valence electrons. The molecule has 0 saturated heterocycles. The van der Waals surface area contributed by atoms with E-state index < -0.39 is 0 Å². The van der Waals surface area contributed by atoms with Gasteiger partial charge in [-0.25, -0.2) is 9.97 Å². The Morgan fingerprint density at radius 1 is 1.11 bits per heavy atom. The zero-order valence-electron chi connectivity index (χ0n) is 10.7. The van der Waals surface area contributed by atoms with Gasteiger partial charge in [0.05, 0.1) is 0 Å². The van der Waals surface area contributed by atoms with Gasteiger partial charge < -0.3 is 5.32 Å². The van der Waals surface area contributed by atoms with Crippen LogP contribution in [0.4, 0.5) is 5.82 Å². The van der Waals surface area contributed by atoms with Gasteiger partial charge in [-0.05, 0) is 24.4 Å². The first-order valence-corrected chi connectivity index (χ1v) is 7.41. The molecule has 1 aliphatic carbocycles. The predicted octanol–water partition coefficient (Wildman–Crippen LogP) is 4.08. The Morgan fingerprint density at radius 2 is 1.74 bits per heavy atom. The quantitative estimate of drug-likeness (QED) is 0.661. The Balaban J connectivity index is 1.98. The minimum Gasteiger partial charge on any atom is -0.310 e. The van der Waals surface area contributed by atoms with Crippen molar-refractivity contribution < 1.29 is 4.79 Å². The molecular weight excluding hydrogens is 285 g/mol. The van der Waals surface area contributed by atoms with Gasteiger partial charge in [0.15, 0.2) is 0 Å². The standard InChI is InChI=1S/C13H17Cl2N3O/c14-10-8-11(18-13(15)16-10)17-12(19)9-6-4-2-1-3-5-7-9/h8-9H,1-7H2,(H,16,17,18,19). The Hall–Kier alpha value is -0.870. The lowest BCUT2D eigenvalue weighted by Gasteiger charge is -2.18. The molecule has 2 rings (SSSR count). The highest BCUT2D eigenvalue weighted by Crippen LogP contribution is 2.24. The van der Waals surface area contributed by atoms with Gasteiger partial charge in [-0.1, -0.05) is 43.7 Å². The predicted molar refractivity (Wildman–Crippen MR) is 76.5 cm³/mol. The fourth-order valence-electron chi connectivity index (χ4n) is 2.40. The third-order valence-electron chi connectivity index (χ3n) is 3.39. The summed E-state index contributed by atoms with van der Waals surface area (Å²) >= 11 is 11.5. The number of aromatic nitrogens is 2. The van der Waals surface area contributed by atoms with E-state index in [1.54, 1.807) is 0 Å². The summed E-state index contributed by atoms with van der Waals surface area (Å²) in [5.74, 6) is 0.442. The summed E-state index contributed by atoms with van der Waals surface area (Å²) in [6.45, 7) is 0. The van der Waals surface area contributed by atoms with Crippen molar-refractivity contribution in [3.8, 4) is 0 Å². The maximum Gasteiger partial charge on any atom is 0.228 e. The van der Waals surface area contributed by atoms with Crippen molar-refractivity contribution in [1.82, 2.24) is 9.97 Å². The number of hydrogen-bond acceptors (Lipinski definition) is 3. The second-order valence-electron chi connectivity index (χ2n) is 4.88. The molecule has 0 aliphatic heterocycles. The van der Waals surface area contributed by atoms with Crippen LogP contribution in [0.15, 0.2) is 6.07 Å². The van der Waals surface area contributed by atoms with Gasteiger partial charge in [-0.3, -0.25) is 4.79 Å². The number of carbonyl (C=O) groups excluding carboxylic acids is 1. The topological polar surface area (TPSA) is 54.9 Å². The van der Waals surface area contributed by atoms with E-state index in [1.165, 1.54) is 25.3 Å². The van der Waals surface area contributed by atoms with Crippen molar-refractivity contribution in [3.05, 3.63) is 16.5 Å². The highest BCUT2D eigenvalue weighted by atomic mass is 35.5. The number of rotatable bonds is 2. The highest BCUT2D eigenvalue weighted by molar-refractivity contribution is 6.32. The molecule has 0 spiro atoms. The molecule has 1 saturated carbocycles. The van der Waals surface area contributed by atoms with E-state index in [9.17, 15) is 4.79 Å². The van der Waals surface area contributed by atoms with Gasteiger partial charge >= 0.3 is 0 Å². The van der Waals surface area contributed by atoms with Gasteiger partial charge in [0.1, 0.15) is 11.0 Å². The molecule has 1 amide bonds. The molecule has 0 bridgehead atoms. The molecule has 1 heterocycles. The monoisotopic (exact) mass is 301 g/mol. The number of nitrogens with one attached hydrogen (secondary N) is 1. The van der Waals surface area contributed by atoms with E-state index >= 15 is 0 Å². The maximum atomic E-state index is 12.2. The van der Waals surface area contributed by atoms with Gasteiger partial charge in [0.2, 0.25) is 11.2 Å². The molecule has 0 aromatic carbocycles. The summed E-state index contributed by atoms with van der Waals surface area (Å²) in [6.07, 6.45) is 7.83. The molecule has 0 radical (unpaired) electrons. The van der Waals surface area contributed by atoms with Crippen LogP contribution in [0, 0.1) is 5.92 Å². The van der Waals surface area contributed by atoms with Crippen LogP contribution in [-0.2, 0) is 4.79 Å². The van der Waals surface area contributed by atoms with Crippen LogP contribution >= 0.6 is 23.2 Å². The Morgan fingerprint density at radius 3 is 2.37 bits per heavy atom. The molecular formula is C13H17Cl2N3O. The molecule has 1 aromatic heterocycles. The van der Waals surface area contributed by atoms with Crippen molar-refractivity contribution in [2.45, 2.75) is 44.9 Å². The number of hydrogen-bond donors (Lipinski definition) is 1. The number of nitrogens with zero attached hydrogens (tertiary/aromatic N) is 2. The molecule has 6 heteroatoms. The number of carbonyl (C=O) groups is 1. The third-order valence-corrected chi connectivity index (χ3v) is 3.76. The van der Waals surface area contributed by atoms with Crippen LogP contribution in [0.2, 0.25) is 10.4 Å². The largest absolute Gasteiger partial charge is 0.310 e. The van der Waals surface area contributed by atoms with Gasteiger partial charge in [0, 0.05) is 12.0 Å². The van der Waals surface area contributed by atoms with Crippen LogP contribution in [0.1, 0.15) is 44.9 Å². The van der Waals surface area contributed by atoms with E-state index in [2.05, 4.69) is 15.3 Å². The number of halogens is 2. The zero-order valence-corrected chi connectivity index (χ0v) is 12.2. The van der Waals surface area contributed by atoms with Gasteiger partial charge in [-0.2, -0.15) is 0 Å². The maximum absolute atomic E-state index is 12.2. The lowest BCUT2D eigenvalue weighted by Crippen LogP contribution is -2.24. The Kier molecular flexibility index (Phi) is 5.40. The Labute approximate surface area is 122 Å². The summed E-state index contributed by atoms with van der Waals surface area (Å²) < 4.78 is 0. The van der Waals surface area contributed by atoms with Crippen molar-refractivity contribution in [2.75, 3.05) is 5.32 Å². The second kappa shape index (κ2) is 7.06. The lowest BCUT2D eigenvalue weighted by atomic mass is 9.90. The minimum atomic E-state index is 0.00716. The van der Waals surface area contributed by atoms with E-state index in [0.717, 1.165) is 25.7 Å². The van der Waals surface area contributed by atoms with Crippen LogP contribution < -0.4 is 5.32 Å². The fraction of sp³-hybridized carbons (Fsp3) is 0.615. The number of anilines is 1. The lowest BCUT2D eigenvalue weighted by molar-refractivity contribution is -0.120. The summed E-state index contributed by atoms with van der Waals surface area (Å²) in [5.41, 5.74) is 0. The van der Waals surface area contributed by atoms with Crippen LogP contribution in [-0.4, -0.2) is 15.9 Å². The highest BCUT2D eigenvalue weighted by Gasteiger charge is 2.20. The van der Waals surface area contributed by atoms with Crippen molar-refractivity contribution >= 4 is 34.9 Å². The summed E-state index contributed by atoms with van der Waals surface area (Å²) in [7, 11) is 0. The molecule has 0 atom stereocenters. The molecule has 0 unspecified atom stereocenters. The van der Waals surface area contributed by atoms with Crippen LogP contribution in [0.3, 0.4) is 0 Å². The first-order chi connectivity index (χ1) is 9.15. The van der Waals surface area contributed by atoms with E-state index in [4.69, 9.17) is 23.2 Å². The van der Waals surface area contributed by atoms with E-state index in [1.807, 2.05) is 0 Å². The molecule has 1 aliphatic rings. The van der Waals surface area contributed by atoms with Crippen molar-refractivity contribution in [3.63, 3.8) is 0 Å². The summed E-state index contributed by atoms with van der Waals surface area (Å²) in [6, 6.07) is 1.51. The molecule has 1 N–H and O–H groups in total. The number of amides is 1. The van der Waals surface area contributed by atoms with Gasteiger partial charge in [0.25, 0.3) is 0 Å². The third kappa shape index (κ3) is 4.62. The van der Waals surface area contributed by atoms with E-state index in [-0.39, 0.29) is 22.3 Å². The average molecular weight is 302 g/mol. The molecule has 4 nitrogen and oxygen atoms in total.